The number of aliphatic hydroxyl groups is 1. The van der Waals surface area contributed by atoms with E-state index in [1.54, 1.807) is 30.7 Å². The molecule has 0 unspecified atom stereocenters. The van der Waals surface area contributed by atoms with Crippen LogP contribution in [0.1, 0.15) is 29.5 Å². The molecule has 0 aliphatic carbocycles. The van der Waals surface area contributed by atoms with Crippen molar-refractivity contribution in [1.29, 1.82) is 0 Å². The van der Waals surface area contributed by atoms with Gasteiger partial charge in [-0.3, -0.25) is 4.79 Å². The first-order valence-corrected chi connectivity index (χ1v) is 7.55. The van der Waals surface area contributed by atoms with Crippen molar-refractivity contribution in [2.75, 3.05) is 0 Å². The van der Waals surface area contributed by atoms with Crippen LogP contribution in [0.5, 0.6) is 0 Å². The van der Waals surface area contributed by atoms with Gasteiger partial charge in [-0.05, 0) is 24.6 Å². The summed E-state index contributed by atoms with van der Waals surface area (Å²) in [7, 11) is 0. The summed E-state index contributed by atoms with van der Waals surface area (Å²) in [6, 6.07) is 5.29. The standard InChI is InChI=1S/C16H19N5O2/c1-2-12(8-21-6-5-17-10-21)18-16(23)11-3-4-13-14(7-11)20-15(9-22)19-13/h3-7,10,12,22H,2,8-9H2,1H3,(H,18,23)(H,19,20)/t12-/m0/s1. The van der Waals surface area contributed by atoms with Gasteiger partial charge in [0.1, 0.15) is 12.4 Å². The van der Waals surface area contributed by atoms with Crippen molar-refractivity contribution in [3.8, 4) is 0 Å². The minimum Gasteiger partial charge on any atom is -0.388 e. The maximum absolute atomic E-state index is 12.4. The smallest absolute Gasteiger partial charge is 0.251 e. The Kier molecular flexibility index (Phi) is 4.38. The van der Waals surface area contributed by atoms with E-state index in [0.29, 0.717) is 17.9 Å². The van der Waals surface area contributed by atoms with Crippen LogP contribution in [0.2, 0.25) is 0 Å². The number of carbonyl (C=O) groups is 1. The summed E-state index contributed by atoms with van der Waals surface area (Å²) in [6.07, 6.45) is 6.16. The van der Waals surface area contributed by atoms with E-state index in [9.17, 15) is 4.79 Å². The molecule has 1 amide bonds. The minimum absolute atomic E-state index is 0.0298. The molecule has 0 saturated heterocycles. The van der Waals surface area contributed by atoms with Gasteiger partial charge >= 0.3 is 0 Å². The van der Waals surface area contributed by atoms with Gasteiger partial charge in [0.2, 0.25) is 0 Å². The third-order valence-electron chi connectivity index (χ3n) is 3.76. The molecular weight excluding hydrogens is 294 g/mol. The third kappa shape index (κ3) is 3.40. The average Bonchev–Trinajstić information content (AvgIpc) is 3.21. The number of imidazole rings is 2. The van der Waals surface area contributed by atoms with Gasteiger partial charge in [0.15, 0.2) is 0 Å². The number of fused-ring (bicyclic) bond motifs is 1. The lowest BCUT2D eigenvalue weighted by molar-refractivity contribution is 0.0932. The van der Waals surface area contributed by atoms with Crippen LogP contribution in [0.3, 0.4) is 0 Å². The second-order valence-electron chi connectivity index (χ2n) is 5.41. The molecule has 1 aromatic carbocycles. The van der Waals surface area contributed by atoms with Crippen LogP contribution in [0.25, 0.3) is 11.0 Å². The van der Waals surface area contributed by atoms with Crippen molar-refractivity contribution in [1.82, 2.24) is 24.8 Å². The molecule has 0 bridgehead atoms. The number of amides is 1. The van der Waals surface area contributed by atoms with Crippen LogP contribution in [0.15, 0.2) is 36.9 Å². The molecule has 3 N–H and O–H groups in total. The number of aromatic nitrogens is 4. The lowest BCUT2D eigenvalue weighted by atomic mass is 10.1. The molecule has 0 aliphatic heterocycles. The number of hydrogen-bond acceptors (Lipinski definition) is 4. The Hall–Kier alpha value is -2.67. The van der Waals surface area contributed by atoms with E-state index < -0.39 is 0 Å². The Morgan fingerprint density at radius 3 is 3.04 bits per heavy atom. The highest BCUT2D eigenvalue weighted by Gasteiger charge is 2.14. The fourth-order valence-corrected chi connectivity index (χ4v) is 2.47. The Balaban J connectivity index is 1.73. The van der Waals surface area contributed by atoms with E-state index in [1.807, 2.05) is 17.7 Å². The van der Waals surface area contributed by atoms with Gasteiger partial charge < -0.3 is 20.0 Å². The first-order chi connectivity index (χ1) is 11.2. The Labute approximate surface area is 133 Å². The molecule has 0 spiro atoms. The maximum atomic E-state index is 12.4. The molecule has 2 heterocycles. The molecule has 7 nitrogen and oxygen atoms in total. The summed E-state index contributed by atoms with van der Waals surface area (Å²) in [5, 5.41) is 12.1. The lowest BCUT2D eigenvalue weighted by Gasteiger charge is -2.17. The molecule has 2 aromatic heterocycles. The number of benzene rings is 1. The van der Waals surface area contributed by atoms with Gasteiger partial charge in [-0.2, -0.15) is 0 Å². The largest absolute Gasteiger partial charge is 0.388 e. The van der Waals surface area contributed by atoms with Crippen molar-refractivity contribution in [3.05, 3.63) is 48.3 Å². The summed E-state index contributed by atoms with van der Waals surface area (Å²) in [5.74, 6) is 0.364. The molecule has 0 aliphatic rings. The highest BCUT2D eigenvalue weighted by atomic mass is 16.3. The topological polar surface area (TPSA) is 95.8 Å². The molecular formula is C16H19N5O2. The van der Waals surface area contributed by atoms with Crippen LogP contribution in [0.4, 0.5) is 0 Å². The highest BCUT2D eigenvalue weighted by Crippen LogP contribution is 2.14. The lowest BCUT2D eigenvalue weighted by Crippen LogP contribution is -2.37. The maximum Gasteiger partial charge on any atom is 0.251 e. The predicted molar refractivity (Wildman–Crippen MR) is 85.8 cm³/mol. The van der Waals surface area contributed by atoms with Crippen molar-refractivity contribution in [3.63, 3.8) is 0 Å². The van der Waals surface area contributed by atoms with Crippen molar-refractivity contribution in [2.45, 2.75) is 32.5 Å². The highest BCUT2D eigenvalue weighted by molar-refractivity contribution is 5.97. The van der Waals surface area contributed by atoms with Crippen molar-refractivity contribution in [2.24, 2.45) is 0 Å². The second kappa shape index (κ2) is 6.62. The fraction of sp³-hybridized carbons (Fsp3) is 0.312. The van der Waals surface area contributed by atoms with Gasteiger partial charge in [-0.1, -0.05) is 6.92 Å². The van der Waals surface area contributed by atoms with Gasteiger partial charge in [-0.15, -0.1) is 0 Å². The molecule has 120 valence electrons. The summed E-state index contributed by atoms with van der Waals surface area (Å²) in [5.41, 5.74) is 2.04. The number of rotatable bonds is 6. The molecule has 3 aromatic rings. The molecule has 23 heavy (non-hydrogen) atoms. The van der Waals surface area contributed by atoms with Crippen LogP contribution in [-0.4, -0.2) is 36.6 Å². The number of nitrogens with one attached hydrogen (secondary N) is 2. The number of H-pyrrole nitrogens is 1. The van der Waals surface area contributed by atoms with Crippen LogP contribution in [0, 0.1) is 0 Å². The van der Waals surface area contributed by atoms with Crippen LogP contribution >= 0.6 is 0 Å². The quantitative estimate of drug-likeness (QED) is 0.642. The number of aliphatic hydroxyl groups excluding tert-OH is 1. The normalized spacial score (nSPS) is 12.4. The Morgan fingerprint density at radius 1 is 1.48 bits per heavy atom. The fourth-order valence-electron chi connectivity index (χ4n) is 2.47. The zero-order chi connectivity index (χ0) is 16.2. The Morgan fingerprint density at radius 2 is 2.35 bits per heavy atom. The predicted octanol–water partition coefficient (Wildman–Crippen LogP) is 1.46. The first kappa shape index (κ1) is 15.2. The van der Waals surface area contributed by atoms with E-state index in [-0.39, 0.29) is 18.6 Å². The van der Waals surface area contributed by atoms with E-state index in [1.165, 1.54) is 0 Å². The van der Waals surface area contributed by atoms with Gasteiger partial charge in [0, 0.05) is 30.5 Å². The molecule has 0 fully saturated rings. The number of aromatic amines is 1. The first-order valence-electron chi connectivity index (χ1n) is 7.55. The van der Waals surface area contributed by atoms with Gasteiger partial charge in [0.25, 0.3) is 5.91 Å². The second-order valence-corrected chi connectivity index (χ2v) is 5.41. The molecule has 0 radical (unpaired) electrons. The van der Waals surface area contributed by atoms with Crippen LogP contribution in [-0.2, 0) is 13.2 Å². The minimum atomic E-state index is -0.154. The zero-order valence-corrected chi connectivity index (χ0v) is 12.9. The molecule has 1 atom stereocenters. The monoisotopic (exact) mass is 313 g/mol. The summed E-state index contributed by atoms with van der Waals surface area (Å²) < 4.78 is 1.94. The summed E-state index contributed by atoms with van der Waals surface area (Å²) in [4.78, 5) is 23.7. The molecule has 7 heteroatoms. The number of carbonyl (C=O) groups excluding carboxylic acids is 1. The van der Waals surface area contributed by atoms with Gasteiger partial charge in [0.05, 0.1) is 17.4 Å². The van der Waals surface area contributed by atoms with Crippen molar-refractivity contribution >= 4 is 16.9 Å². The zero-order valence-electron chi connectivity index (χ0n) is 12.9. The molecule has 0 saturated carbocycles. The number of hydrogen-bond donors (Lipinski definition) is 3. The average molecular weight is 313 g/mol. The van der Waals surface area contributed by atoms with E-state index in [4.69, 9.17) is 5.11 Å². The summed E-state index contributed by atoms with van der Waals surface area (Å²) in [6.45, 7) is 2.57. The van der Waals surface area contributed by atoms with Gasteiger partial charge in [-0.25, -0.2) is 9.97 Å². The Bertz CT molecular complexity index is 794. The van der Waals surface area contributed by atoms with E-state index in [2.05, 4.69) is 20.3 Å². The van der Waals surface area contributed by atoms with E-state index in [0.717, 1.165) is 17.5 Å². The summed E-state index contributed by atoms with van der Waals surface area (Å²) >= 11 is 0. The van der Waals surface area contributed by atoms with E-state index >= 15 is 0 Å². The SMILES string of the molecule is CC[C@@H](Cn1ccnc1)NC(=O)c1ccc2nc(CO)[nH]c2c1. The third-order valence-corrected chi connectivity index (χ3v) is 3.76. The van der Waals surface area contributed by atoms with Crippen molar-refractivity contribution < 1.29 is 9.90 Å². The van der Waals surface area contributed by atoms with Crippen LogP contribution < -0.4 is 5.32 Å². The number of nitrogens with zero attached hydrogens (tertiary/aromatic N) is 3. The molecule has 3 rings (SSSR count).